The molecule has 2 N–H and O–H groups in total. The molecular weight excluding hydrogens is 346 g/mol. The van der Waals surface area contributed by atoms with Crippen LogP contribution in [0.5, 0.6) is 5.75 Å². The number of carboxylic acids is 1. The standard InChI is InChI=1S/C19H21N5O3/c1-27-16-4-3-13(9-14(16)11-24-7-2-6-22-24)10-23-8-5-15-17(21-12-20-15)18(23)19(25)26/h2-4,6-7,9,12,18H,5,8,10-11H2,1H3,(H,20,21)(H,25,26)/t18-/m1/s1. The van der Waals surface area contributed by atoms with Crippen LogP contribution in [-0.2, 0) is 24.3 Å². The fraction of sp³-hybridized carbons (Fsp3) is 0.316. The molecule has 0 amide bonds. The van der Waals surface area contributed by atoms with Crippen molar-refractivity contribution in [1.82, 2.24) is 24.6 Å². The first-order chi connectivity index (χ1) is 13.2. The van der Waals surface area contributed by atoms with Gasteiger partial charge in [-0.3, -0.25) is 14.4 Å². The normalized spacial score (nSPS) is 16.9. The van der Waals surface area contributed by atoms with Crippen molar-refractivity contribution >= 4 is 5.97 Å². The zero-order valence-electron chi connectivity index (χ0n) is 15.0. The van der Waals surface area contributed by atoms with Gasteiger partial charge in [0.2, 0.25) is 0 Å². The van der Waals surface area contributed by atoms with Crippen molar-refractivity contribution in [1.29, 1.82) is 0 Å². The van der Waals surface area contributed by atoms with E-state index in [1.54, 1.807) is 19.6 Å². The number of carboxylic acid groups (broad SMARTS) is 1. The topological polar surface area (TPSA) is 96.3 Å². The van der Waals surface area contributed by atoms with Crippen molar-refractivity contribution in [3.63, 3.8) is 0 Å². The lowest BCUT2D eigenvalue weighted by molar-refractivity contribution is -0.144. The van der Waals surface area contributed by atoms with Gasteiger partial charge in [-0.15, -0.1) is 0 Å². The second kappa shape index (κ2) is 7.24. The van der Waals surface area contributed by atoms with Crippen LogP contribution in [0.3, 0.4) is 0 Å². The quantitative estimate of drug-likeness (QED) is 0.690. The molecule has 0 spiro atoms. The molecule has 4 rings (SSSR count). The van der Waals surface area contributed by atoms with E-state index in [-0.39, 0.29) is 0 Å². The van der Waals surface area contributed by atoms with E-state index in [1.807, 2.05) is 34.0 Å². The minimum Gasteiger partial charge on any atom is -0.496 e. The number of nitrogens with one attached hydrogen (secondary N) is 1. The van der Waals surface area contributed by atoms with Crippen LogP contribution >= 0.6 is 0 Å². The van der Waals surface area contributed by atoms with E-state index in [0.29, 0.717) is 25.3 Å². The lowest BCUT2D eigenvalue weighted by Crippen LogP contribution is -2.39. The number of rotatable bonds is 6. The van der Waals surface area contributed by atoms with Gasteiger partial charge in [0.05, 0.1) is 25.7 Å². The number of imidazole rings is 1. The number of hydrogen-bond donors (Lipinski definition) is 2. The summed E-state index contributed by atoms with van der Waals surface area (Å²) in [6.45, 7) is 1.78. The molecule has 0 fully saturated rings. The Labute approximate surface area is 156 Å². The molecule has 3 heterocycles. The summed E-state index contributed by atoms with van der Waals surface area (Å²) in [5.74, 6) is -0.0920. The summed E-state index contributed by atoms with van der Waals surface area (Å²) in [5.41, 5.74) is 3.55. The maximum Gasteiger partial charge on any atom is 0.327 e. The van der Waals surface area contributed by atoms with Crippen molar-refractivity contribution in [3.05, 3.63) is 65.5 Å². The number of aromatic nitrogens is 4. The molecule has 1 aromatic carbocycles. The van der Waals surface area contributed by atoms with Gasteiger partial charge in [0.15, 0.2) is 6.04 Å². The number of fused-ring (bicyclic) bond motifs is 1. The number of ether oxygens (including phenoxy) is 1. The second-order valence-electron chi connectivity index (χ2n) is 6.58. The first-order valence-electron chi connectivity index (χ1n) is 8.78. The van der Waals surface area contributed by atoms with E-state index in [4.69, 9.17) is 4.74 Å². The number of methoxy groups -OCH3 is 1. The summed E-state index contributed by atoms with van der Waals surface area (Å²) in [4.78, 5) is 21.1. The van der Waals surface area contributed by atoms with Crippen LogP contribution in [0.25, 0.3) is 0 Å². The highest BCUT2D eigenvalue weighted by Gasteiger charge is 2.35. The summed E-state index contributed by atoms with van der Waals surface area (Å²) in [7, 11) is 1.64. The summed E-state index contributed by atoms with van der Waals surface area (Å²) >= 11 is 0. The predicted molar refractivity (Wildman–Crippen MR) is 97.4 cm³/mol. The average molecular weight is 367 g/mol. The van der Waals surface area contributed by atoms with Crippen molar-refractivity contribution in [2.24, 2.45) is 0 Å². The Morgan fingerprint density at radius 2 is 2.30 bits per heavy atom. The molecule has 27 heavy (non-hydrogen) atoms. The predicted octanol–water partition coefficient (Wildman–Crippen LogP) is 1.85. The zero-order chi connectivity index (χ0) is 18.8. The van der Waals surface area contributed by atoms with Gasteiger partial charge in [0, 0.05) is 43.2 Å². The minimum absolute atomic E-state index is 0.527. The van der Waals surface area contributed by atoms with Crippen LogP contribution in [0, 0.1) is 0 Å². The number of aliphatic carboxylic acids is 1. The maximum atomic E-state index is 11.9. The first-order valence-corrected chi connectivity index (χ1v) is 8.78. The van der Waals surface area contributed by atoms with Gasteiger partial charge in [0.1, 0.15) is 5.75 Å². The van der Waals surface area contributed by atoms with E-state index in [0.717, 1.165) is 29.0 Å². The van der Waals surface area contributed by atoms with E-state index in [1.165, 1.54) is 0 Å². The smallest absolute Gasteiger partial charge is 0.327 e. The Bertz CT molecular complexity index is 935. The van der Waals surface area contributed by atoms with Crippen LogP contribution < -0.4 is 4.74 Å². The van der Waals surface area contributed by atoms with Crippen LogP contribution in [0.1, 0.15) is 28.6 Å². The highest BCUT2D eigenvalue weighted by atomic mass is 16.5. The Morgan fingerprint density at radius 1 is 1.41 bits per heavy atom. The summed E-state index contributed by atoms with van der Waals surface area (Å²) in [5, 5.41) is 14.0. The number of benzene rings is 1. The summed E-state index contributed by atoms with van der Waals surface area (Å²) < 4.78 is 7.30. The van der Waals surface area contributed by atoms with E-state index >= 15 is 0 Å². The Morgan fingerprint density at radius 3 is 3.04 bits per heavy atom. The molecule has 8 nitrogen and oxygen atoms in total. The van der Waals surface area contributed by atoms with Crippen molar-refractivity contribution in [2.75, 3.05) is 13.7 Å². The van der Waals surface area contributed by atoms with E-state index in [2.05, 4.69) is 21.1 Å². The van der Waals surface area contributed by atoms with Gasteiger partial charge in [-0.05, 0) is 23.8 Å². The molecule has 0 saturated heterocycles. The fourth-order valence-electron chi connectivity index (χ4n) is 3.63. The number of aromatic amines is 1. The van der Waals surface area contributed by atoms with Crippen LogP contribution in [0.2, 0.25) is 0 Å². The number of nitrogens with zero attached hydrogens (tertiary/aromatic N) is 4. The average Bonchev–Trinajstić information content (AvgIpc) is 3.33. The molecule has 0 radical (unpaired) electrons. The molecule has 8 heteroatoms. The van der Waals surface area contributed by atoms with Crippen molar-refractivity contribution < 1.29 is 14.6 Å². The third-order valence-corrected chi connectivity index (χ3v) is 4.88. The number of carbonyl (C=O) groups is 1. The third-order valence-electron chi connectivity index (χ3n) is 4.88. The highest BCUT2D eigenvalue weighted by molar-refractivity contribution is 5.75. The highest BCUT2D eigenvalue weighted by Crippen LogP contribution is 2.30. The van der Waals surface area contributed by atoms with Crippen LogP contribution in [0.15, 0.2) is 43.0 Å². The summed E-state index contributed by atoms with van der Waals surface area (Å²) in [6, 6.07) is 7.09. The lowest BCUT2D eigenvalue weighted by atomic mass is 10.0. The van der Waals surface area contributed by atoms with Crippen molar-refractivity contribution in [3.8, 4) is 5.75 Å². The van der Waals surface area contributed by atoms with Gasteiger partial charge in [-0.25, -0.2) is 4.98 Å². The molecule has 1 aliphatic rings. The van der Waals surface area contributed by atoms with E-state index in [9.17, 15) is 9.90 Å². The monoisotopic (exact) mass is 367 g/mol. The molecule has 0 bridgehead atoms. The molecule has 1 atom stereocenters. The molecule has 2 aromatic heterocycles. The minimum atomic E-state index is -0.881. The molecule has 1 aliphatic heterocycles. The van der Waals surface area contributed by atoms with Crippen molar-refractivity contribution in [2.45, 2.75) is 25.6 Å². The molecule has 0 aliphatic carbocycles. The molecule has 0 saturated carbocycles. The maximum absolute atomic E-state index is 11.9. The molecular formula is C19H21N5O3. The SMILES string of the molecule is COc1ccc(CN2CCc3[nH]cnc3[C@@H]2C(=O)O)cc1Cn1cccn1. The largest absolute Gasteiger partial charge is 0.496 e. The van der Waals surface area contributed by atoms with Gasteiger partial charge in [-0.2, -0.15) is 5.10 Å². The first kappa shape index (κ1) is 17.3. The second-order valence-corrected chi connectivity index (χ2v) is 6.58. The molecule has 140 valence electrons. The Hall–Kier alpha value is -3.13. The van der Waals surface area contributed by atoms with Gasteiger partial charge in [-0.1, -0.05) is 6.07 Å². The van der Waals surface area contributed by atoms with Gasteiger partial charge in [0.25, 0.3) is 0 Å². The lowest BCUT2D eigenvalue weighted by Gasteiger charge is -2.32. The van der Waals surface area contributed by atoms with Crippen LogP contribution in [-0.4, -0.2) is 49.4 Å². The number of H-pyrrole nitrogens is 1. The van der Waals surface area contributed by atoms with Crippen LogP contribution in [0.4, 0.5) is 0 Å². The van der Waals surface area contributed by atoms with E-state index < -0.39 is 12.0 Å². The molecule has 0 unspecified atom stereocenters. The zero-order valence-corrected chi connectivity index (χ0v) is 15.0. The van der Waals surface area contributed by atoms with Gasteiger partial charge >= 0.3 is 5.97 Å². The van der Waals surface area contributed by atoms with Gasteiger partial charge < -0.3 is 14.8 Å². The fourth-order valence-corrected chi connectivity index (χ4v) is 3.63. The third kappa shape index (κ3) is 3.43. The number of hydrogen-bond acceptors (Lipinski definition) is 5. The molecule has 3 aromatic rings. The Balaban J connectivity index is 1.59. The summed E-state index contributed by atoms with van der Waals surface area (Å²) in [6.07, 6.45) is 5.97. The Kier molecular flexibility index (Phi) is 4.64.